The highest BCUT2D eigenvalue weighted by Crippen LogP contribution is 2.25. The lowest BCUT2D eigenvalue weighted by molar-refractivity contribution is 1.13. The highest BCUT2D eigenvalue weighted by molar-refractivity contribution is 5.82. The van der Waals surface area contributed by atoms with E-state index in [4.69, 9.17) is 4.98 Å². The monoisotopic (exact) mass is 236 g/mol. The van der Waals surface area contributed by atoms with Gasteiger partial charge in [-0.25, -0.2) is 4.98 Å². The van der Waals surface area contributed by atoms with Crippen LogP contribution in [0.4, 0.5) is 0 Å². The number of aryl methyl sites for hydroxylation is 2. The Labute approximate surface area is 107 Å². The first-order chi connectivity index (χ1) is 8.79. The van der Waals surface area contributed by atoms with Crippen LogP contribution in [0.3, 0.4) is 0 Å². The van der Waals surface area contributed by atoms with E-state index < -0.39 is 0 Å². The van der Waals surface area contributed by atoms with Gasteiger partial charge in [0.15, 0.2) is 0 Å². The van der Waals surface area contributed by atoms with Crippen molar-refractivity contribution in [3.05, 3.63) is 53.6 Å². The molecule has 0 unspecified atom stereocenters. The molecule has 2 aromatic carbocycles. The van der Waals surface area contributed by atoms with E-state index >= 15 is 0 Å². The second kappa shape index (κ2) is 4.30. The summed E-state index contributed by atoms with van der Waals surface area (Å²) in [6.07, 6.45) is 1.02. The number of hydrogen-bond acceptors (Lipinski definition) is 1. The van der Waals surface area contributed by atoms with Gasteiger partial charge >= 0.3 is 0 Å². The van der Waals surface area contributed by atoms with Crippen molar-refractivity contribution in [1.29, 1.82) is 0 Å². The van der Waals surface area contributed by atoms with Gasteiger partial charge in [-0.3, -0.25) is 0 Å². The summed E-state index contributed by atoms with van der Waals surface area (Å²) in [4.78, 5) is 8.15. The van der Waals surface area contributed by atoms with Crippen molar-refractivity contribution in [1.82, 2.24) is 9.97 Å². The minimum Gasteiger partial charge on any atom is -0.338 e. The average Bonchev–Trinajstić information content (AvgIpc) is 2.84. The maximum atomic E-state index is 4.74. The molecule has 1 aromatic heterocycles. The fourth-order valence-electron chi connectivity index (χ4n) is 2.36. The van der Waals surface area contributed by atoms with Gasteiger partial charge in [0, 0.05) is 5.56 Å². The quantitative estimate of drug-likeness (QED) is 0.713. The number of para-hydroxylation sites is 1. The van der Waals surface area contributed by atoms with Gasteiger partial charge in [-0.2, -0.15) is 0 Å². The highest BCUT2D eigenvalue weighted by atomic mass is 14.9. The van der Waals surface area contributed by atoms with Gasteiger partial charge in [0.05, 0.1) is 11.0 Å². The maximum absolute atomic E-state index is 4.74. The summed E-state index contributed by atoms with van der Waals surface area (Å²) >= 11 is 0. The molecule has 0 saturated heterocycles. The number of nitrogens with one attached hydrogen (secondary N) is 1. The first-order valence-electron chi connectivity index (χ1n) is 6.33. The Bertz CT molecular complexity index is 695. The van der Waals surface area contributed by atoms with Gasteiger partial charge < -0.3 is 4.98 Å². The van der Waals surface area contributed by atoms with Gasteiger partial charge in [-0.1, -0.05) is 43.3 Å². The Balaban J connectivity index is 2.23. The topological polar surface area (TPSA) is 28.7 Å². The van der Waals surface area contributed by atoms with E-state index in [-0.39, 0.29) is 0 Å². The zero-order chi connectivity index (χ0) is 12.5. The van der Waals surface area contributed by atoms with Gasteiger partial charge in [0.1, 0.15) is 5.82 Å². The number of hydrogen-bond donors (Lipinski definition) is 1. The van der Waals surface area contributed by atoms with Crippen LogP contribution in [0.5, 0.6) is 0 Å². The Morgan fingerprint density at radius 2 is 1.89 bits per heavy atom. The third-order valence-electron chi connectivity index (χ3n) is 3.37. The molecule has 0 aliphatic carbocycles. The molecule has 90 valence electrons. The number of nitrogens with zero attached hydrogens (tertiary/aromatic N) is 1. The number of aromatic nitrogens is 2. The molecule has 0 saturated carbocycles. The van der Waals surface area contributed by atoms with E-state index in [9.17, 15) is 0 Å². The van der Waals surface area contributed by atoms with E-state index in [0.717, 1.165) is 23.3 Å². The summed E-state index contributed by atoms with van der Waals surface area (Å²) in [6.45, 7) is 4.27. The van der Waals surface area contributed by atoms with Crippen molar-refractivity contribution >= 4 is 11.0 Å². The summed E-state index contributed by atoms with van der Waals surface area (Å²) in [7, 11) is 0. The molecule has 0 spiro atoms. The fraction of sp³-hybridized carbons (Fsp3) is 0.188. The summed E-state index contributed by atoms with van der Waals surface area (Å²) in [5, 5.41) is 0. The average molecular weight is 236 g/mol. The Hall–Kier alpha value is -2.09. The Morgan fingerprint density at radius 3 is 2.67 bits per heavy atom. The van der Waals surface area contributed by atoms with E-state index in [0.29, 0.717) is 0 Å². The van der Waals surface area contributed by atoms with Crippen LogP contribution < -0.4 is 0 Å². The Morgan fingerprint density at radius 1 is 1.06 bits per heavy atom. The molecule has 0 amide bonds. The molecule has 0 aliphatic rings. The predicted molar refractivity (Wildman–Crippen MR) is 75.6 cm³/mol. The number of aromatic amines is 1. The molecule has 3 rings (SSSR count). The van der Waals surface area contributed by atoms with Crippen molar-refractivity contribution in [2.24, 2.45) is 0 Å². The molecule has 1 heterocycles. The molecular weight excluding hydrogens is 220 g/mol. The number of imidazole rings is 1. The Kier molecular flexibility index (Phi) is 2.63. The summed E-state index contributed by atoms with van der Waals surface area (Å²) in [6, 6.07) is 14.7. The summed E-state index contributed by atoms with van der Waals surface area (Å²) in [5.74, 6) is 0.969. The van der Waals surface area contributed by atoms with E-state index in [1.165, 1.54) is 16.7 Å². The van der Waals surface area contributed by atoms with Crippen LogP contribution in [-0.4, -0.2) is 9.97 Å². The largest absolute Gasteiger partial charge is 0.338 e. The number of H-pyrrole nitrogens is 1. The molecular formula is C16H16N2. The van der Waals surface area contributed by atoms with Crippen LogP contribution in [0.2, 0.25) is 0 Å². The lowest BCUT2D eigenvalue weighted by Crippen LogP contribution is -1.88. The molecule has 2 nitrogen and oxygen atoms in total. The minimum absolute atomic E-state index is 0.969. The maximum Gasteiger partial charge on any atom is 0.138 e. The molecule has 2 heteroatoms. The first-order valence-corrected chi connectivity index (χ1v) is 6.33. The molecule has 0 bridgehead atoms. The summed E-state index contributed by atoms with van der Waals surface area (Å²) < 4.78 is 0. The van der Waals surface area contributed by atoms with Crippen LogP contribution in [0.1, 0.15) is 18.1 Å². The van der Waals surface area contributed by atoms with Gasteiger partial charge in [0.2, 0.25) is 0 Å². The van der Waals surface area contributed by atoms with Gasteiger partial charge in [0.25, 0.3) is 0 Å². The van der Waals surface area contributed by atoms with Crippen molar-refractivity contribution in [3.63, 3.8) is 0 Å². The van der Waals surface area contributed by atoms with Crippen LogP contribution in [0.25, 0.3) is 22.4 Å². The molecule has 0 radical (unpaired) electrons. The van der Waals surface area contributed by atoms with Crippen molar-refractivity contribution in [3.8, 4) is 11.4 Å². The van der Waals surface area contributed by atoms with E-state index in [2.05, 4.69) is 61.3 Å². The highest BCUT2D eigenvalue weighted by Gasteiger charge is 2.09. The normalized spacial score (nSPS) is 11.0. The third kappa shape index (κ3) is 1.70. The number of rotatable bonds is 2. The van der Waals surface area contributed by atoms with Crippen LogP contribution in [-0.2, 0) is 6.42 Å². The van der Waals surface area contributed by atoms with E-state index in [1.807, 2.05) is 0 Å². The van der Waals surface area contributed by atoms with Crippen molar-refractivity contribution in [2.75, 3.05) is 0 Å². The molecule has 1 N–H and O–H groups in total. The lowest BCUT2D eigenvalue weighted by Gasteiger charge is -2.03. The predicted octanol–water partition coefficient (Wildman–Crippen LogP) is 4.10. The van der Waals surface area contributed by atoms with Crippen molar-refractivity contribution < 1.29 is 0 Å². The standard InChI is InChI=1S/C16H16N2/c1-3-12-8-4-5-9-13(12)16-17-14-10-6-7-11(2)15(14)18-16/h4-10H,3H2,1-2H3,(H,17,18). The van der Waals surface area contributed by atoms with Crippen molar-refractivity contribution in [2.45, 2.75) is 20.3 Å². The van der Waals surface area contributed by atoms with Gasteiger partial charge in [-0.15, -0.1) is 0 Å². The first kappa shape index (κ1) is 11.0. The second-order valence-electron chi connectivity index (χ2n) is 4.57. The number of fused-ring (bicyclic) bond motifs is 1. The summed E-state index contributed by atoms with van der Waals surface area (Å²) in [5.41, 5.74) is 5.92. The van der Waals surface area contributed by atoms with Crippen LogP contribution >= 0.6 is 0 Å². The lowest BCUT2D eigenvalue weighted by atomic mass is 10.1. The number of benzene rings is 2. The zero-order valence-electron chi connectivity index (χ0n) is 10.7. The molecule has 0 atom stereocenters. The second-order valence-corrected chi connectivity index (χ2v) is 4.57. The molecule has 3 aromatic rings. The minimum atomic E-state index is 0.969. The smallest absolute Gasteiger partial charge is 0.138 e. The van der Waals surface area contributed by atoms with Gasteiger partial charge in [-0.05, 0) is 30.5 Å². The fourth-order valence-corrected chi connectivity index (χ4v) is 2.36. The van der Waals surface area contributed by atoms with Crippen LogP contribution in [0, 0.1) is 6.92 Å². The van der Waals surface area contributed by atoms with E-state index in [1.54, 1.807) is 0 Å². The van der Waals surface area contributed by atoms with Crippen LogP contribution in [0.15, 0.2) is 42.5 Å². The zero-order valence-corrected chi connectivity index (χ0v) is 10.7. The molecule has 0 aliphatic heterocycles. The SMILES string of the molecule is CCc1ccccc1-c1nc2c(C)cccc2[nH]1. The molecule has 0 fully saturated rings. The third-order valence-corrected chi connectivity index (χ3v) is 3.37. The molecule has 18 heavy (non-hydrogen) atoms.